The normalized spacial score (nSPS) is 19.0. The zero-order valence-corrected chi connectivity index (χ0v) is 10.8. The maximum atomic E-state index is 13.9. The van der Waals surface area contributed by atoms with Crippen LogP contribution in [0.4, 0.5) is 10.1 Å². The van der Waals surface area contributed by atoms with E-state index >= 15 is 0 Å². The van der Waals surface area contributed by atoms with Crippen LogP contribution in [0.2, 0.25) is 0 Å². The van der Waals surface area contributed by atoms with Crippen LogP contribution in [0.15, 0.2) is 18.2 Å². The first-order valence-electron chi connectivity index (χ1n) is 6.30. The quantitative estimate of drug-likeness (QED) is 0.607. The Morgan fingerprint density at radius 3 is 3.00 bits per heavy atom. The molecule has 1 aromatic carbocycles. The van der Waals surface area contributed by atoms with Gasteiger partial charge in [0, 0.05) is 31.3 Å². The molecule has 0 bridgehead atoms. The van der Waals surface area contributed by atoms with Crippen LogP contribution in [0.25, 0.3) is 0 Å². The molecule has 1 atom stereocenters. The van der Waals surface area contributed by atoms with Crippen LogP contribution in [-0.4, -0.2) is 36.1 Å². The molecule has 2 rings (SSSR count). The van der Waals surface area contributed by atoms with E-state index in [2.05, 4.69) is 0 Å². The van der Waals surface area contributed by atoms with E-state index in [0.29, 0.717) is 18.7 Å². The molecule has 5 nitrogen and oxygen atoms in total. The summed E-state index contributed by atoms with van der Waals surface area (Å²) in [6.45, 7) is 1.83. The highest BCUT2D eigenvalue weighted by atomic mass is 19.1. The molecule has 1 unspecified atom stereocenters. The molecule has 19 heavy (non-hydrogen) atoms. The standard InChI is InChI=1S/C13H17FN2O3/c1-15(9-11-5-3-7-19-11)8-10-4-2-6-12(13(10)14)16(17)18/h2,4,6,11H,3,5,7-9H2,1H3. The topological polar surface area (TPSA) is 55.6 Å². The average molecular weight is 268 g/mol. The number of ether oxygens (including phenoxy) is 1. The van der Waals surface area contributed by atoms with Crippen LogP contribution >= 0.6 is 0 Å². The van der Waals surface area contributed by atoms with Gasteiger partial charge in [-0.2, -0.15) is 4.39 Å². The summed E-state index contributed by atoms with van der Waals surface area (Å²) in [6, 6.07) is 4.27. The van der Waals surface area contributed by atoms with E-state index in [0.717, 1.165) is 19.4 Å². The molecule has 1 aromatic rings. The Bertz CT molecular complexity index is 461. The number of nitro groups is 1. The van der Waals surface area contributed by atoms with Gasteiger partial charge in [0.05, 0.1) is 11.0 Å². The molecule has 1 fully saturated rings. The first kappa shape index (κ1) is 13.9. The molecule has 1 aliphatic heterocycles. The summed E-state index contributed by atoms with van der Waals surface area (Å²) in [5, 5.41) is 10.7. The third kappa shape index (κ3) is 3.48. The highest BCUT2D eigenvalue weighted by Crippen LogP contribution is 2.21. The zero-order chi connectivity index (χ0) is 13.8. The Labute approximate surface area is 111 Å². The van der Waals surface area contributed by atoms with Crippen molar-refractivity contribution in [3.8, 4) is 0 Å². The summed E-state index contributed by atoms with van der Waals surface area (Å²) >= 11 is 0. The van der Waals surface area contributed by atoms with Crippen molar-refractivity contribution in [1.82, 2.24) is 4.90 Å². The smallest absolute Gasteiger partial charge is 0.305 e. The van der Waals surface area contributed by atoms with E-state index < -0.39 is 16.4 Å². The number of nitrogens with zero attached hydrogens (tertiary/aromatic N) is 2. The summed E-state index contributed by atoms with van der Waals surface area (Å²) < 4.78 is 19.4. The van der Waals surface area contributed by atoms with E-state index in [1.54, 1.807) is 6.07 Å². The van der Waals surface area contributed by atoms with Gasteiger partial charge in [0.15, 0.2) is 0 Å². The number of nitro benzene ring substituents is 1. The number of halogens is 1. The molecule has 0 N–H and O–H groups in total. The van der Waals surface area contributed by atoms with E-state index in [-0.39, 0.29) is 6.10 Å². The molecule has 1 heterocycles. The predicted octanol–water partition coefficient (Wildman–Crippen LogP) is 2.34. The van der Waals surface area contributed by atoms with Crippen LogP contribution < -0.4 is 0 Å². The monoisotopic (exact) mass is 268 g/mol. The Morgan fingerprint density at radius 1 is 1.58 bits per heavy atom. The maximum Gasteiger partial charge on any atom is 0.305 e. The summed E-state index contributed by atoms with van der Waals surface area (Å²) in [6.07, 6.45) is 2.26. The molecular formula is C13H17FN2O3. The SMILES string of the molecule is CN(Cc1cccc([N+](=O)[O-])c1F)CC1CCCO1. The Hall–Kier alpha value is -1.53. The number of benzene rings is 1. The maximum absolute atomic E-state index is 13.9. The lowest BCUT2D eigenvalue weighted by Crippen LogP contribution is -2.28. The summed E-state index contributed by atoms with van der Waals surface area (Å²) in [7, 11) is 1.86. The molecule has 6 heteroatoms. The van der Waals surface area contributed by atoms with Gasteiger partial charge in [-0.3, -0.25) is 15.0 Å². The average Bonchev–Trinajstić information content (AvgIpc) is 2.84. The van der Waals surface area contributed by atoms with Crippen LogP contribution in [0.5, 0.6) is 0 Å². The third-order valence-electron chi connectivity index (χ3n) is 3.23. The highest BCUT2D eigenvalue weighted by molar-refractivity contribution is 5.36. The van der Waals surface area contributed by atoms with E-state index in [1.165, 1.54) is 12.1 Å². The lowest BCUT2D eigenvalue weighted by molar-refractivity contribution is -0.387. The van der Waals surface area contributed by atoms with Crippen molar-refractivity contribution in [3.05, 3.63) is 39.7 Å². The van der Waals surface area contributed by atoms with Crippen LogP contribution in [0, 0.1) is 15.9 Å². The van der Waals surface area contributed by atoms with Gasteiger partial charge in [-0.15, -0.1) is 0 Å². The molecule has 0 saturated carbocycles. The minimum absolute atomic E-state index is 0.187. The minimum atomic E-state index is -0.744. The lowest BCUT2D eigenvalue weighted by Gasteiger charge is -2.20. The number of likely N-dealkylation sites (N-methyl/N-ethyl adjacent to an activating group) is 1. The van der Waals surface area contributed by atoms with Crippen molar-refractivity contribution in [2.75, 3.05) is 20.2 Å². The summed E-state index contributed by atoms with van der Waals surface area (Å²) in [4.78, 5) is 11.9. The summed E-state index contributed by atoms with van der Waals surface area (Å²) in [5.74, 6) is -0.744. The first-order valence-corrected chi connectivity index (χ1v) is 6.30. The van der Waals surface area contributed by atoms with Crippen molar-refractivity contribution in [1.29, 1.82) is 0 Å². The fourth-order valence-electron chi connectivity index (χ4n) is 2.32. The number of rotatable bonds is 5. The minimum Gasteiger partial charge on any atom is -0.377 e. The molecule has 0 spiro atoms. The second-order valence-corrected chi connectivity index (χ2v) is 4.84. The van der Waals surface area contributed by atoms with Crippen molar-refractivity contribution < 1.29 is 14.1 Å². The largest absolute Gasteiger partial charge is 0.377 e. The van der Waals surface area contributed by atoms with Crippen LogP contribution in [-0.2, 0) is 11.3 Å². The predicted molar refractivity (Wildman–Crippen MR) is 68.4 cm³/mol. The van der Waals surface area contributed by atoms with Gasteiger partial charge in [-0.25, -0.2) is 0 Å². The molecule has 104 valence electrons. The Kier molecular flexibility index (Phi) is 4.44. The van der Waals surface area contributed by atoms with E-state index in [4.69, 9.17) is 4.74 Å². The van der Waals surface area contributed by atoms with Crippen molar-refractivity contribution in [2.24, 2.45) is 0 Å². The highest BCUT2D eigenvalue weighted by Gasteiger charge is 2.20. The van der Waals surface area contributed by atoms with Gasteiger partial charge in [0.2, 0.25) is 5.82 Å². The number of hydrogen-bond acceptors (Lipinski definition) is 4. The molecule has 0 amide bonds. The molecule has 0 aromatic heterocycles. The van der Waals surface area contributed by atoms with Gasteiger partial charge >= 0.3 is 5.69 Å². The fourth-order valence-corrected chi connectivity index (χ4v) is 2.32. The fraction of sp³-hybridized carbons (Fsp3) is 0.538. The lowest BCUT2D eigenvalue weighted by atomic mass is 10.1. The first-order chi connectivity index (χ1) is 9.08. The zero-order valence-electron chi connectivity index (χ0n) is 10.8. The van der Waals surface area contributed by atoms with Gasteiger partial charge in [-0.05, 0) is 19.9 Å². The summed E-state index contributed by atoms with van der Waals surface area (Å²) in [5.41, 5.74) is -0.127. The Morgan fingerprint density at radius 2 is 2.37 bits per heavy atom. The van der Waals surface area contributed by atoms with E-state index in [9.17, 15) is 14.5 Å². The van der Waals surface area contributed by atoms with E-state index in [1.807, 2.05) is 11.9 Å². The molecule has 0 aliphatic carbocycles. The molecule has 0 radical (unpaired) electrons. The third-order valence-corrected chi connectivity index (χ3v) is 3.23. The van der Waals surface area contributed by atoms with Crippen molar-refractivity contribution >= 4 is 5.69 Å². The molecule has 1 saturated heterocycles. The van der Waals surface area contributed by atoms with Gasteiger partial charge in [-0.1, -0.05) is 12.1 Å². The number of hydrogen-bond donors (Lipinski definition) is 0. The second-order valence-electron chi connectivity index (χ2n) is 4.84. The molecule has 1 aliphatic rings. The van der Waals surface area contributed by atoms with Crippen molar-refractivity contribution in [2.45, 2.75) is 25.5 Å². The molecular weight excluding hydrogens is 251 g/mol. The van der Waals surface area contributed by atoms with Crippen LogP contribution in [0.3, 0.4) is 0 Å². The van der Waals surface area contributed by atoms with Crippen molar-refractivity contribution in [3.63, 3.8) is 0 Å². The second kappa shape index (κ2) is 6.08. The van der Waals surface area contributed by atoms with Gasteiger partial charge in [0.25, 0.3) is 0 Å². The van der Waals surface area contributed by atoms with Gasteiger partial charge < -0.3 is 4.74 Å². The van der Waals surface area contributed by atoms with Gasteiger partial charge in [0.1, 0.15) is 0 Å². The van der Waals surface area contributed by atoms with Crippen LogP contribution in [0.1, 0.15) is 18.4 Å². The Balaban J connectivity index is 2.01.